The monoisotopic (exact) mass is 202 g/mol. The summed E-state index contributed by atoms with van der Waals surface area (Å²) in [6.45, 7) is 4.19. The summed E-state index contributed by atoms with van der Waals surface area (Å²) in [6.07, 6.45) is 2.62. The summed E-state index contributed by atoms with van der Waals surface area (Å²) >= 11 is 1.49. The molecule has 0 aromatic rings. The minimum absolute atomic E-state index is 0.260. The number of likely N-dealkylation sites (tertiary alicyclic amines) is 1. The van der Waals surface area contributed by atoms with Gasteiger partial charge in [-0.2, -0.15) is 0 Å². The van der Waals surface area contributed by atoms with Crippen molar-refractivity contribution in [3.8, 4) is 0 Å². The van der Waals surface area contributed by atoms with E-state index in [1.165, 1.54) is 37.7 Å². The Balaban J connectivity index is 2.30. The first kappa shape index (κ1) is 11.1. The van der Waals surface area contributed by atoms with E-state index in [1.807, 2.05) is 0 Å². The van der Waals surface area contributed by atoms with Crippen molar-refractivity contribution in [2.24, 2.45) is 5.92 Å². The van der Waals surface area contributed by atoms with Crippen molar-refractivity contribution in [1.29, 1.82) is 0 Å². The van der Waals surface area contributed by atoms with E-state index in [4.69, 9.17) is 0 Å². The molecule has 2 nitrogen and oxygen atoms in total. The van der Waals surface area contributed by atoms with Crippen molar-refractivity contribution in [3.63, 3.8) is 0 Å². The molecule has 1 aliphatic rings. The van der Waals surface area contributed by atoms with E-state index in [0.29, 0.717) is 0 Å². The number of nitrogens with zero attached hydrogens (tertiary/aromatic N) is 1. The van der Waals surface area contributed by atoms with Crippen molar-refractivity contribution in [2.45, 2.75) is 19.8 Å². The minimum atomic E-state index is 0.260. The normalized spacial score (nSPS) is 27.2. The van der Waals surface area contributed by atoms with E-state index in [1.54, 1.807) is 6.92 Å². The molecular weight excluding hydrogens is 182 g/mol. The molecule has 1 aliphatic heterocycles. The number of hydrogen-bond acceptors (Lipinski definition) is 2. The highest BCUT2D eigenvalue weighted by atomic mass is 32.2. The summed E-state index contributed by atoms with van der Waals surface area (Å²) in [6, 6.07) is 0. The van der Waals surface area contributed by atoms with Crippen LogP contribution >= 0.6 is 11.8 Å². The Kier molecular flexibility index (Phi) is 3.80. The third-order valence-corrected chi connectivity index (χ3v) is 3.70. The summed E-state index contributed by atoms with van der Waals surface area (Å²) in [4.78, 5) is 10.8. The molecule has 3 heteroatoms. The van der Waals surface area contributed by atoms with Crippen LogP contribution in [0.25, 0.3) is 0 Å². The predicted octanol–water partition coefficient (Wildman–Crippen LogP) is 1.75. The first-order valence-electron chi connectivity index (χ1n) is 4.95. The van der Waals surface area contributed by atoms with E-state index in [9.17, 15) is 4.79 Å². The summed E-state index contributed by atoms with van der Waals surface area (Å²) in [5, 5.41) is 0.260. The van der Waals surface area contributed by atoms with Crippen LogP contribution in [-0.2, 0) is 4.79 Å². The molecule has 1 heterocycles. The van der Waals surface area contributed by atoms with Crippen LogP contribution in [0.3, 0.4) is 0 Å². The zero-order chi connectivity index (χ0) is 9.90. The number of carbonyl (C=O) groups is 1. The second-order valence-electron chi connectivity index (χ2n) is 4.65. The first-order valence-corrected chi connectivity index (χ1v) is 5.93. The van der Waals surface area contributed by atoms with Gasteiger partial charge in [0.25, 0.3) is 0 Å². The number of hydrogen-bond donors (Lipinski definition) is 0. The standard InChI is InChI=1S/C10H20NOS/c1-9(12)13-8-10-5-4-6-11(2,3)7-10/h10H,4-8H2,1-3H3/q+1. The number of quaternary nitrogens is 1. The molecule has 13 heavy (non-hydrogen) atoms. The first-order chi connectivity index (χ1) is 5.99. The molecule has 76 valence electrons. The van der Waals surface area contributed by atoms with Gasteiger partial charge >= 0.3 is 0 Å². The summed E-state index contributed by atoms with van der Waals surface area (Å²) in [5.74, 6) is 1.77. The van der Waals surface area contributed by atoms with E-state index in [0.717, 1.165) is 16.2 Å². The SMILES string of the molecule is CC(=O)SCC1CCC[N+](C)(C)C1. The molecule has 0 spiro atoms. The van der Waals surface area contributed by atoms with Crippen LogP contribution in [0.1, 0.15) is 19.8 Å². The Morgan fingerprint density at radius 3 is 2.77 bits per heavy atom. The molecule has 1 saturated heterocycles. The highest BCUT2D eigenvalue weighted by molar-refractivity contribution is 8.13. The van der Waals surface area contributed by atoms with Crippen molar-refractivity contribution in [1.82, 2.24) is 0 Å². The van der Waals surface area contributed by atoms with Crippen molar-refractivity contribution >= 4 is 16.9 Å². The molecule has 1 atom stereocenters. The van der Waals surface area contributed by atoms with Crippen LogP contribution in [0.4, 0.5) is 0 Å². The largest absolute Gasteiger partial charge is 0.328 e. The number of rotatable bonds is 2. The molecule has 0 aromatic heterocycles. The maximum absolute atomic E-state index is 10.8. The van der Waals surface area contributed by atoms with E-state index in [-0.39, 0.29) is 5.12 Å². The maximum Gasteiger partial charge on any atom is 0.185 e. The van der Waals surface area contributed by atoms with Crippen LogP contribution in [0, 0.1) is 5.92 Å². The Bertz CT molecular complexity index is 191. The molecule has 1 fully saturated rings. The van der Waals surface area contributed by atoms with Gasteiger partial charge in [0.15, 0.2) is 5.12 Å². The average Bonchev–Trinajstić information content (AvgIpc) is 1.99. The van der Waals surface area contributed by atoms with Gasteiger partial charge in [0.05, 0.1) is 27.2 Å². The number of carbonyl (C=O) groups excluding carboxylic acids is 1. The zero-order valence-electron chi connectivity index (χ0n) is 8.88. The quantitative estimate of drug-likeness (QED) is 0.635. The van der Waals surface area contributed by atoms with Crippen molar-refractivity contribution in [3.05, 3.63) is 0 Å². The highest BCUT2D eigenvalue weighted by Crippen LogP contribution is 2.23. The van der Waals surface area contributed by atoms with Crippen molar-refractivity contribution < 1.29 is 9.28 Å². The van der Waals surface area contributed by atoms with Crippen LogP contribution < -0.4 is 0 Å². The van der Waals surface area contributed by atoms with Crippen LogP contribution in [-0.4, -0.2) is 42.5 Å². The summed E-state index contributed by atoms with van der Waals surface area (Å²) in [7, 11) is 4.56. The van der Waals surface area contributed by atoms with E-state index < -0.39 is 0 Å². The number of piperidine rings is 1. The van der Waals surface area contributed by atoms with E-state index >= 15 is 0 Å². The smallest absolute Gasteiger partial charge is 0.185 e. The lowest BCUT2D eigenvalue weighted by molar-refractivity contribution is -0.898. The van der Waals surface area contributed by atoms with Gasteiger partial charge in [-0.15, -0.1) is 0 Å². The van der Waals surface area contributed by atoms with Gasteiger partial charge in [-0.25, -0.2) is 0 Å². The van der Waals surface area contributed by atoms with Gasteiger partial charge in [0, 0.05) is 18.6 Å². The van der Waals surface area contributed by atoms with Crippen LogP contribution in [0.15, 0.2) is 0 Å². The van der Waals surface area contributed by atoms with Gasteiger partial charge in [-0.3, -0.25) is 4.79 Å². The zero-order valence-corrected chi connectivity index (χ0v) is 9.69. The van der Waals surface area contributed by atoms with Gasteiger partial charge in [-0.1, -0.05) is 11.8 Å². The molecule has 0 aliphatic carbocycles. The lowest BCUT2D eigenvalue weighted by atomic mass is 9.99. The van der Waals surface area contributed by atoms with E-state index in [2.05, 4.69) is 14.1 Å². The minimum Gasteiger partial charge on any atom is -0.328 e. The van der Waals surface area contributed by atoms with Gasteiger partial charge < -0.3 is 4.48 Å². The molecule has 0 amide bonds. The third kappa shape index (κ3) is 4.14. The maximum atomic E-state index is 10.8. The molecule has 0 radical (unpaired) electrons. The Labute approximate surface area is 85.3 Å². The Morgan fingerprint density at radius 2 is 2.23 bits per heavy atom. The number of thioether (sulfide) groups is 1. The molecule has 0 N–H and O–H groups in total. The molecule has 0 aromatic carbocycles. The fourth-order valence-electron chi connectivity index (χ4n) is 2.06. The Morgan fingerprint density at radius 1 is 1.54 bits per heavy atom. The average molecular weight is 202 g/mol. The molecule has 0 saturated carbocycles. The topological polar surface area (TPSA) is 17.1 Å². The molecular formula is C10H20NOS+. The summed E-state index contributed by atoms with van der Waals surface area (Å²) in [5.41, 5.74) is 0. The van der Waals surface area contributed by atoms with Gasteiger partial charge in [-0.05, 0) is 12.8 Å². The second-order valence-corrected chi connectivity index (χ2v) is 5.85. The molecule has 1 unspecified atom stereocenters. The lowest BCUT2D eigenvalue weighted by Gasteiger charge is -2.37. The predicted molar refractivity (Wildman–Crippen MR) is 57.7 cm³/mol. The third-order valence-electron chi connectivity index (χ3n) is 2.65. The van der Waals surface area contributed by atoms with Crippen LogP contribution in [0.5, 0.6) is 0 Å². The fourth-order valence-corrected chi connectivity index (χ4v) is 2.80. The Hall–Kier alpha value is -0.0200. The highest BCUT2D eigenvalue weighted by Gasteiger charge is 2.27. The van der Waals surface area contributed by atoms with Crippen LogP contribution in [0.2, 0.25) is 0 Å². The summed E-state index contributed by atoms with van der Waals surface area (Å²) < 4.78 is 1.13. The fraction of sp³-hybridized carbons (Fsp3) is 0.900. The molecule has 1 rings (SSSR count). The second kappa shape index (κ2) is 4.47. The van der Waals surface area contributed by atoms with Gasteiger partial charge in [0.2, 0.25) is 0 Å². The lowest BCUT2D eigenvalue weighted by Crippen LogP contribution is -2.48. The molecule has 0 bridgehead atoms. The van der Waals surface area contributed by atoms with Crippen molar-refractivity contribution in [2.75, 3.05) is 32.9 Å². The van der Waals surface area contributed by atoms with Gasteiger partial charge in [0.1, 0.15) is 0 Å².